The number of carbonyl (C=O) groups excluding carboxylic acids is 2. The average molecular weight is 1030 g/mol. The molecule has 17 nitrogen and oxygen atoms in total. The van der Waals surface area contributed by atoms with E-state index in [-0.39, 0.29) is 48.2 Å². The van der Waals surface area contributed by atoms with E-state index in [2.05, 4.69) is 6.92 Å². The summed E-state index contributed by atoms with van der Waals surface area (Å²) in [4.78, 5) is 27.0. The van der Waals surface area contributed by atoms with E-state index in [1.54, 1.807) is 54.1 Å². The molecule has 3 saturated heterocycles. The van der Waals surface area contributed by atoms with Gasteiger partial charge in [-0.25, -0.2) is 9.59 Å². The number of rotatable bonds is 15. The van der Waals surface area contributed by atoms with Gasteiger partial charge < -0.3 is 72.5 Å². The topological polar surface area (TPSA) is 217 Å². The van der Waals surface area contributed by atoms with Crippen molar-refractivity contribution in [3.8, 4) is 0 Å². The summed E-state index contributed by atoms with van der Waals surface area (Å²) in [7, 11) is 4.67. The highest BCUT2D eigenvalue weighted by Gasteiger charge is 2.77. The molecule has 17 heteroatoms. The van der Waals surface area contributed by atoms with Crippen LogP contribution in [0.4, 0.5) is 0 Å². The molecule has 73 heavy (non-hydrogen) atoms. The summed E-state index contributed by atoms with van der Waals surface area (Å²) in [6, 6.07) is 9.48. The summed E-state index contributed by atoms with van der Waals surface area (Å²) in [6.07, 6.45) is -0.652. The van der Waals surface area contributed by atoms with Gasteiger partial charge in [0, 0.05) is 45.8 Å². The monoisotopic (exact) mass is 1030 g/mol. The van der Waals surface area contributed by atoms with E-state index in [9.17, 15) is 30.0 Å². The SMILES string of the molecule is C/C=C(\C)C(=O)O[C@@H](C)[C@]1(O)CC[C@]2(O)[C@@H]3CC[C@H]4C[C@@H](O[C@H]5C[C@H](OC)[C@H](O[C@H]6C[C@@H](OC)[C@H](O[C@@H]7O[C@H](C)[C@@H](O)[C@H](OC)[C@H]7O)[C@@H](C)O6)[C@@H](C)O5)CC[C@]4(C)[C@H]3C[C@@H](OC(=O)/C=C/c3ccccc3)[C@]12C. The third kappa shape index (κ3) is 10.5. The van der Waals surface area contributed by atoms with Crippen molar-refractivity contribution in [1.82, 2.24) is 0 Å². The normalized spacial score (nSPS) is 46.5. The molecular weight excluding hydrogens is 945 g/mol. The largest absolute Gasteiger partial charge is 0.458 e. The molecule has 0 spiro atoms. The first-order valence-electron chi connectivity index (χ1n) is 26.8. The predicted octanol–water partition coefficient (Wildman–Crippen LogP) is 5.95. The molecule has 1 aromatic carbocycles. The number of benzene rings is 1. The molecule has 4 aliphatic carbocycles. The van der Waals surface area contributed by atoms with Crippen molar-refractivity contribution in [2.75, 3.05) is 21.3 Å². The quantitative estimate of drug-likeness (QED) is 0.0908. The minimum atomic E-state index is -1.70. The Bertz CT molecular complexity index is 2110. The van der Waals surface area contributed by atoms with Gasteiger partial charge in [-0.2, -0.15) is 0 Å². The zero-order valence-corrected chi connectivity index (χ0v) is 44.8. The molecule has 0 radical (unpaired) electrons. The van der Waals surface area contributed by atoms with Gasteiger partial charge in [0.25, 0.3) is 0 Å². The van der Waals surface area contributed by atoms with Crippen LogP contribution in [-0.2, 0) is 61.7 Å². The third-order valence-corrected chi connectivity index (χ3v) is 19.1. The zero-order valence-electron chi connectivity index (χ0n) is 44.8. The summed E-state index contributed by atoms with van der Waals surface area (Å²) < 4.78 is 68.2. The number of hydrogen-bond donors (Lipinski definition) is 4. The van der Waals surface area contributed by atoms with Crippen molar-refractivity contribution in [2.24, 2.45) is 28.6 Å². The standard InChI is InChI=1S/C56H84O17/c1-12-30(2)51(60)69-34(6)55(61)24-25-56(62)38-20-19-36-26-37(22-23-53(36,7)39(38)27-42(54(55,56)8)71-43(57)21-18-35-16-14-13-15-17-35)70-44-28-40(63-9)48(32(4)66-44)72-45-29-41(64-10)49(33(5)67-45)73-52-47(59)50(65-11)46(58)31(3)68-52/h12-18,21,31-34,36-42,44-50,52,58-59,61-62H,19-20,22-29H2,1-11H3/b21-18+,30-12+/t31-,32-,33-,34+,36+,37+,38-,39+,40+,41-,42-,44+,45+,46-,47-,48-,49-,50+,52+,53+,54-,55-,56+/m1/s1. The van der Waals surface area contributed by atoms with Crippen molar-refractivity contribution >= 4 is 18.0 Å². The Morgan fingerprint density at radius 3 is 2.01 bits per heavy atom. The highest BCUT2D eigenvalue weighted by atomic mass is 16.8. The lowest BCUT2D eigenvalue weighted by molar-refractivity contribution is -0.352. The van der Waals surface area contributed by atoms with Crippen LogP contribution in [0.25, 0.3) is 6.08 Å². The van der Waals surface area contributed by atoms with Gasteiger partial charge in [-0.15, -0.1) is 0 Å². The smallest absolute Gasteiger partial charge is 0.333 e. The van der Waals surface area contributed by atoms with E-state index in [0.717, 1.165) is 31.2 Å². The van der Waals surface area contributed by atoms with E-state index in [1.165, 1.54) is 13.2 Å². The maximum Gasteiger partial charge on any atom is 0.333 e. The minimum Gasteiger partial charge on any atom is -0.458 e. The van der Waals surface area contributed by atoms with Gasteiger partial charge in [-0.05, 0) is 128 Å². The second-order valence-corrected chi connectivity index (χ2v) is 22.7. The lowest BCUT2D eigenvalue weighted by Crippen LogP contribution is -2.72. The number of esters is 2. The van der Waals surface area contributed by atoms with E-state index >= 15 is 0 Å². The molecule has 0 bridgehead atoms. The molecular formula is C56H84O17. The fourth-order valence-electron chi connectivity index (χ4n) is 14.5. The van der Waals surface area contributed by atoms with Crippen LogP contribution in [0, 0.1) is 28.6 Å². The fraction of sp³-hybridized carbons (Fsp3) is 0.786. The second-order valence-electron chi connectivity index (χ2n) is 22.7. The maximum absolute atomic E-state index is 13.9. The van der Waals surface area contributed by atoms with Crippen molar-refractivity contribution < 1.29 is 82.1 Å². The number of hydrogen-bond acceptors (Lipinski definition) is 17. The molecule has 1 aromatic rings. The summed E-state index contributed by atoms with van der Waals surface area (Å²) in [5, 5.41) is 47.6. The van der Waals surface area contributed by atoms with E-state index in [0.29, 0.717) is 31.3 Å². The van der Waals surface area contributed by atoms with Crippen LogP contribution in [0.1, 0.15) is 125 Å². The van der Waals surface area contributed by atoms with Crippen LogP contribution in [-0.4, -0.2) is 163 Å². The first-order valence-corrected chi connectivity index (χ1v) is 26.8. The van der Waals surface area contributed by atoms with Gasteiger partial charge in [0.2, 0.25) is 0 Å². The Morgan fingerprint density at radius 1 is 0.740 bits per heavy atom. The molecule has 0 unspecified atom stereocenters. The van der Waals surface area contributed by atoms with Crippen molar-refractivity contribution in [2.45, 2.75) is 229 Å². The highest BCUT2D eigenvalue weighted by Crippen LogP contribution is 2.71. The van der Waals surface area contributed by atoms with Crippen molar-refractivity contribution in [3.63, 3.8) is 0 Å². The summed E-state index contributed by atoms with van der Waals surface area (Å²) in [5.74, 6) is -1.10. The Morgan fingerprint density at radius 2 is 1.38 bits per heavy atom. The number of aliphatic hydroxyl groups is 4. The molecule has 0 amide bonds. The molecule has 4 saturated carbocycles. The number of ether oxygens (including phenoxy) is 11. The molecule has 3 aliphatic heterocycles. The third-order valence-electron chi connectivity index (χ3n) is 19.1. The van der Waals surface area contributed by atoms with Gasteiger partial charge in [-0.1, -0.05) is 50.3 Å². The van der Waals surface area contributed by atoms with Gasteiger partial charge in [0.1, 0.15) is 48.3 Å². The molecule has 3 heterocycles. The van der Waals surface area contributed by atoms with E-state index in [4.69, 9.17) is 52.1 Å². The number of methoxy groups -OCH3 is 3. The molecule has 0 aromatic heterocycles. The maximum atomic E-state index is 13.9. The lowest BCUT2D eigenvalue weighted by atomic mass is 9.42. The van der Waals surface area contributed by atoms with Gasteiger partial charge in [0.15, 0.2) is 18.9 Å². The number of fused-ring (bicyclic) bond motifs is 5. The summed E-state index contributed by atoms with van der Waals surface area (Å²) in [5.41, 5.74) is -3.48. The van der Waals surface area contributed by atoms with Gasteiger partial charge in [0.05, 0.1) is 47.6 Å². The van der Waals surface area contributed by atoms with Gasteiger partial charge in [-0.3, -0.25) is 0 Å². The predicted molar refractivity (Wildman–Crippen MR) is 265 cm³/mol. The average Bonchev–Trinajstić information content (AvgIpc) is 3.60. The molecule has 23 atom stereocenters. The summed E-state index contributed by atoms with van der Waals surface area (Å²) in [6.45, 7) is 14.8. The number of carbonyl (C=O) groups is 2. The first-order chi connectivity index (χ1) is 34.7. The number of allylic oxidation sites excluding steroid dienone is 1. The number of aliphatic hydroxyl groups excluding tert-OH is 2. The molecule has 7 fully saturated rings. The van der Waals surface area contributed by atoms with Gasteiger partial charge >= 0.3 is 11.9 Å². The molecule has 8 rings (SSSR count). The lowest BCUT2D eigenvalue weighted by Gasteiger charge is -2.66. The fourth-order valence-corrected chi connectivity index (χ4v) is 14.5. The second kappa shape index (κ2) is 22.6. The van der Waals surface area contributed by atoms with Crippen LogP contribution in [0.15, 0.2) is 48.1 Å². The Kier molecular flexibility index (Phi) is 17.4. The molecule has 410 valence electrons. The molecule has 7 aliphatic rings. The summed E-state index contributed by atoms with van der Waals surface area (Å²) >= 11 is 0. The van der Waals surface area contributed by atoms with E-state index < -0.39 is 115 Å². The minimum absolute atomic E-state index is 0.0365. The van der Waals surface area contributed by atoms with Crippen molar-refractivity contribution in [3.05, 3.63) is 53.6 Å². The van der Waals surface area contributed by atoms with Crippen LogP contribution in [0.2, 0.25) is 0 Å². The van der Waals surface area contributed by atoms with Crippen molar-refractivity contribution in [1.29, 1.82) is 0 Å². The Hall–Kier alpha value is -2.88. The Balaban J connectivity index is 0.922. The Labute approximate surface area is 431 Å². The van der Waals surface area contributed by atoms with Crippen LogP contribution in [0.3, 0.4) is 0 Å². The first kappa shape index (κ1) is 56.3. The van der Waals surface area contributed by atoms with Crippen LogP contribution >= 0.6 is 0 Å². The molecule has 4 N–H and O–H groups in total. The zero-order chi connectivity index (χ0) is 52.8. The highest BCUT2D eigenvalue weighted by molar-refractivity contribution is 5.88. The van der Waals surface area contributed by atoms with Crippen LogP contribution in [0.5, 0.6) is 0 Å². The van der Waals surface area contributed by atoms with Crippen LogP contribution < -0.4 is 0 Å². The van der Waals surface area contributed by atoms with E-state index in [1.807, 2.05) is 51.1 Å².